The van der Waals surface area contributed by atoms with Crippen LogP contribution in [0.1, 0.15) is 5.56 Å². The van der Waals surface area contributed by atoms with Crippen LogP contribution in [0, 0.1) is 0 Å². The number of hydrogen-bond acceptors (Lipinski definition) is 4. The van der Waals surface area contributed by atoms with Gasteiger partial charge in [-0.15, -0.1) is 0 Å². The van der Waals surface area contributed by atoms with Gasteiger partial charge < -0.3 is 15.7 Å². The summed E-state index contributed by atoms with van der Waals surface area (Å²) < 4.78 is 41.0. The van der Waals surface area contributed by atoms with E-state index in [-0.39, 0.29) is 16.5 Å². The molecule has 5 aromatic rings. The molecule has 0 aliphatic carbocycles. The Kier molecular flexibility index (Phi) is 7.38. The number of hydrogen-bond donors (Lipinski definition) is 3. The zero-order chi connectivity index (χ0) is 28.4. The lowest BCUT2D eigenvalue weighted by atomic mass is 10.0. The second-order valence-corrected chi connectivity index (χ2v) is 9.37. The van der Waals surface area contributed by atoms with Gasteiger partial charge in [0, 0.05) is 41.1 Å². The highest BCUT2D eigenvalue weighted by Crippen LogP contribution is 2.37. The average molecular weight is 584 g/mol. The molecular formula is C28H18Cl2F3N5O2. The van der Waals surface area contributed by atoms with E-state index in [9.17, 15) is 23.1 Å². The fourth-order valence-electron chi connectivity index (χ4n) is 3.93. The van der Waals surface area contributed by atoms with Crippen LogP contribution in [-0.2, 0) is 6.18 Å². The lowest BCUT2D eigenvalue weighted by Gasteiger charge is -2.12. The summed E-state index contributed by atoms with van der Waals surface area (Å²) in [6, 6.07) is 17.6. The summed E-state index contributed by atoms with van der Waals surface area (Å²) in [4.78, 5) is 16.5. The lowest BCUT2D eigenvalue weighted by Crippen LogP contribution is -2.20. The molecule has 0 saturated heterocycles. The number of rotatable bonds is 5. The van der Waals surface area contributed by atoms with E-state index in [0.29, 0.717) is 22.6 Å². The highest BCUT2D eigenvalue weighted by Gasteiger charge is 2.33. The molecule has 202 valence electrons. The number of phenols is 1. The molecule has 0 aliphatic rings. The molecule has 0 aliphatic heterocycles. The van der Waals surface area contributed by atoms with Crippen molar-refractivity contribution in [2.75, 3.05) is 10.6 Å². The maximum absolute atomic E-state index is 13.1. The molecule has 3 aromatic carbocycles. The minimum Gasteiger partial charge on any atom is -0.506 e. The lowest BCUT2D eigenvalue weighted by molar-refractivity contribution is -0.137. The summed E-state index contributed by atoms with van der Waals surface area (Å²) in [6.07, 6.45) is 0.493. The van der Waals surface area contributed by atoms with Crippen molar-refractivity contribution in [1.29, 1.82) is 0 Å². The number of benzene rings is 3. The second-order valence-electron chi connectivity index (χ2n) is 8.56. The molecule has 0 radical (unpaired) electrons. The van der Waals surface area contributed by atoms with E-state index in [1.807, 2.05) is 18.3 Å². The topological polar surface area (TPSA) is 92.1 Å². The number of carbonyl (C=O) groups is 1. The molecule has 0 bridgehead atoms. The molecule has 0 unspecified atom stereocenters. The van der Waals surface area contributed by atoms with Gasteiger partial charge in [-0.3, -0.25) is 4.98 Å². The standard InChI is InChI=1S/C28H18Cl2F3N5O2/c29-23-8-4-19(14-22(23)28(31,32)33)36-27(40)35-18-2-5-20(6-3-18)38-15-21(16-9-11-34-12-10-16)26(37-38)17-1-7-24(30)25(39)13-17/h1-15,39H,(H2,35,36,40). The van der Waals surface area contributed by atoms with Gasteiger partial charge in [-0.1, -0.05) is 29.3 Å². The second kappa shape index (κ2) is 10.9. The summed E-state index contributed by atoms with van der Waals surface area (Å²) >= 11 is 11.6. The van der Waals surface area contributed by atoms with Gasteiger partial charge in [-0.05, 0) is 72.3 Å². The van der Waals surface area contributed by atoms with Crippen LogP contribution >= 0.6 is 23.2 Å². The van der Waals surface area contributed by atoms with Crippen LogP contribution in [0.3, 0.4) is 0 Å². The minimum absolute atomic E-state index is 0.0632. The number of urea groups is 1. The molecule has 0 fully saturated rings. The Morgan fingerprint density at radius 1 is 0.825 bits per heavy atom. The van der Waals surface area contributed by atoms with Crippen molar-refractivity contribution in [2.24, 2.45) is 0 Å². The summed E-state index contributed by atoms with van der Waals surface area (Å²) in [5.41, 5.74) is 2.85. The minimum atomic E-state index is -4.65. The van der Waals surface area contributed by atoms with E-state index in [1.54, 1.807) is 53.5 Å². The molecule has 40 heavy (non-hydrogen) atoms. The van der Waals surface area contributed by atoms with Crippen LogP contribution < -0.4 is 10.6 Å². The number of carbonyl (C=O) groups excluding carboxylic acids is 1. The van der Waals surface area contributed by atoms with Gasteiger partial charge in [0.05, 0.1) is 21.3 Å². The maximum atomic E-state index is 13.1. The van der Waals surface area contributed by atoms with Gasteiger partial charge in [-0.25, -0.2) is 9.48 Å². The van der Waals surface area contributed by atoms with Crippen molar-refractivity contribution < 1.29 is 23.1 Å². The Bertz CT molecular complexity index is 1690. The van der Waals surface area contributed by atoms with E-state index in [4.69, 9.17) is 28.3 Å². The third kappa shape index (κ3) is 5.88. The number of nitrogens with one attached hydrogen (secondary N) is 2. The third-order valence-electron chi connectivity index (χ3n) is 5.84. The first-order chi connectivity index (χ1) is 19.1. The number of amides is 2. The Labute approximate surface area is 235 Å². The predicted molar refractivity (Wildman–Crippen MR) is 148 cm³/mol. The van der Waals surface area contributed by atoms with E-state index in [2.05, 4.69) is 15.6 Å². The molecule has 2 amide bonds. The highest BCUT2D eigenvalue weighted by molar-refractivity contribution is 6.32. The zero-order valence-corrected chi connectivity index (χ0v) is 21.8. The molecule has 7 nitrogen and oxygen atoms in total. The highest BCUT2D eigenvalue weighted by atomic mass is 35.5. The van der Waals surface area contributed by atoms with E-state index < -0.39 is 22.8 Å². The van der Waals surface area contributed by atoms with E-state index in [0.717, 1.165) is 23.3 Å². The van der Waals surface area contributed by atoms with Crippen molar-refractivity contribution in [3.05, 3.63) is 107 Å². The molecular weight excluding hydrogens is 566 g/mol. The number of nitrogens with zero attached hydrogens (tertiary/aromatic N) is 3. The van der Waals surface area contributed by atoms with Gasteiger partial charge >= 0.3 is 12.2 Å². The van der Waals surface area contributed by atoms with Gasteiger partial charge in [0.25, 0.3) is 0 Å². The van der Waals surface area contributed by atoms with Gasteiger partial charge in [0.1, 0.15) is 11.4 Å². The van der Waals surface area contributed by atoms with E-state index >= 15 is 0 Å². The van der Waals surface area contributed by atoms with E-state index in [1.165, 1.54) is 12.1 Å². The van der Waals surface area contributed by atoms with Crippen LogP contribution in [0.4, 0.5) is 29.3 Å². The fraction of sp³-hybridized carbons (Fsp3) is 0.0357. The predicted octanol–water partition coefficient (Wildman–Crippen LogP) is 8.28. The van der Waals surface area contributed by atoms with Crippen molar-refractivity contribution in [3.8, 4) is 33.8 Å². The molecule has 2 aromatic heterocycles. The van der Waals surface area contributed by atoms with Crippen molar-refractivity contribution >= 4 is 40.6 Å². The molecule has 0 saturated carbocycles. The molecule has 2 heterocycles. The third-order valence-corrected chi connectivity index (χ3v) is 6.49. The van der Waals surface area contributed by atoms with Crippen molar-refractivity contribution in [2.45, 2.75) is 6.18 Å². The quantitative estimate of drug-likeness (QED) is 0.194. The normalized spacial score (nSPS) is 11.3. The Morgan fingerprint density at radius 2 is 1.48 bits per heavy atom. The molecule has 0 spiro atoms. The zero-order valence-electron chi connectivity index (χ0n) is 20.2. The molecule has 5 rings (SSSR count). The number of aromatic hydroxyl groups is 1. The smallest absolute Gasteiger partial charge is 0.417 e. The number of pyridine rings is 1. The van der Waals surface area contributed by atoms with Gasteiger partial charge in [-0.2, -0.15) is 18.3 Å². The van der Waals surface area contributed by atoms with Crippen molar-refractivity contribution in [1.82, 2.24) is 14.8 Å². The fourth-order valence-corrected chi connectivity index (χ4v) is 4.28. The van der Waals surface area contributed by atoms with Crippen LogP contribution in [-0.4, -0.2) is 25.9 Å². The van der Waals surface area contributed by atoms with Crippen LogP contribution in [0.2, 0.25) is 10.0 Å². The van der Waals surface area contributed by atoms with Gasteiger partial charge in [0.2, 0.25) is 0 Å². The monoisotopic (exact) mass is 583 g/mol. The Hall–Kier alpha value is -4.54. The van der Waals surface area contributed by atoms with Crippen LogP contribution in [0.25, 0.3) is 28.1 Å². The van der Waals surface area contributed by atoms with Gasteiger partial charge in [0.15, 0.2) is 0 Å². The first-order valence-electron chi connectivity index (χ1n) is 11.6. The Morgan fingerprint density at radius 3 is 2.15 bits per heavy atom. The van der Waals surface area contributed by atoms with Crippen LogP contribution in [0.5, 0.6) is 5.75 Å². The summed E-state index contributed by atoms with van der Waals surface area (Å²) in [5, 5.41) is 19.6. The molecule has 0 atom stereocenters. The maximum Gasteiger partial charge on any atom is 0.417 e. The number of aromatic nitrogens is 3. The largest absolute Gasteiger partial charge is 0.506 e. The summed E-state index contributed by atoms with van der Waals surface area (Å²) in [6.45, 7) is 0. The molecule has 12 heteroatoms. The Balaban J connectivity index is 1.37. The first kappa shape index (κ1) is 27.0. The molecule has 3 N–H and O–H groups in total. The van der Waals surface area contributed by atoms with Crippen molar-refractivity contribution in [3.63, 3.8) is 0 Å². The summed E-state index contributed by atoms with van der Waals surface area (Å²) in [7, 11) is 0. The number of halogens is 5. The first-order valence-corrected chi connectivity index (χ1v) is 12.4. The summed E-state index contributed by atoms with van der Waals surface area (Å²) in [5.74, 6) is -0.0728. The number of anilines is 2. The van der Waals surface area contributed by atoms with Crippen LogP contribution in [0.15, 0.2) is 91.4 Å². The SMILES string of the molecule is O=C(Nc1ccc(-n2cc(-c3ccncc3)c(-c3ccc(Cl)c(O)c3)n2)cc1)Nc1ccc(Cl)c(C(F)(F)F)c1. The number of phenolic OH excluding ortho intramolecular Hbond substituents is 1. The number of alkyl halides is 3. The average Bonchev–Trinajstić information content (AvgIpc) is 3.37.